The van der Waals surface area contributed by atoms with Gasteiger partial charge >= 0.3 is 0 Å². The van der Waals surface area contributed by atoms with E-state index in [2.05, 4.69) is 41.7 Å². The maximum Gasteiger partial charge on any atom is 0.227 e. The van der Waals surface area contributed by atoms with Crippen LogP contribution >= 0.6 is 0 Å². The molecular weight excluding hydrogens is 324 g/mol. The number of carbonyl (C=O) groups is 1. The van der Waals surface area contributed by atoms with Gasteiger partial charge in [0.1, 0.15) is 5.82 Å². The van der Waals surface area contributed by atoms with Gasteiger partial charge in [0.05, 0.1) is 11.0 Å². The highest BCUT2D eigenvalue weighted by Gasteiger charge is 2.21. The Kier molecular flexibility index (Phi) is 6.30. The van der Waals surface area contributed by atoms with Gasteiger partial charge in [0.2, 0.25) is 5.91 Å². The van der Waals surface area contributed by atoms with Crippen molar-refractivity contribution in [1.29, 1.82) is 0 Å². The predicted octanol–water partition coefficient (Wildman–Crippen LogP) is 3.98. The van der Waals surface area contributed by atoms with Crippen molar-refractivity contribution in [2.75, 3.05) is 25.0 Å². The van der Waals surface area contributed by atoms with Crippen molar-refractivity contribution < 1.29 is 4.79 Å². The number of fused-ring (bicyclic) bond motifs is 1. The molecule has 1 amide bonds. The Hall–Kier alpha value is -1.88. The molecule has 0 unspecified atom stereocenters. The molecule has 0 aliphatic heterocycles. The highest BCUT2D eigenvalue weighted by atomic mass is 16.1. The molecule has 0 radical (unpaired) electrons. The molecule has 0 atom stereocenters. The van der Waals surface area contributed by atoms with Crippen LogP contribution in [-0.2, 0) is 18.3 Å². The van der Waals surface area contributed by atoms with E-state index in [0.717, 1.165) is 61.4 Å². The fraction of sp³-hybridized carbons (Fsp3) is 0.619. The Morgan fingerprint density at radius 2 is 1.96 bits per heavy atom. The van der Waals surface area contributed by atoms with Crippen LogP contribution in [-0.4, -0.2) is 40.0 Å². The van der Waals surface area contributed by atoms with Crippen LogP contribution in [0.4, 0.5) is 5.69 Å². The zero-order valence-electron chi connectivity index (χ0n) is 16.4. The van der Waals surface area contributed by atoms with E-state index in [1.54, 1.807) is 0 Å². The highest BCUT2D eigenvalue weighted by molar-refractivity contribution is 5.94. The summed E-state index contributed by atoms with van der Waals surface area (Å²) in [4.78, 5) is 19.7. The van der Waals surface area contributed by atoms with Crippen LogP contribution in [0.15, 0.2) is 18.2 Å². The molecule has 5 nitrogen and oxygen atoms in total. The molecular formula is C21H32N4O. The maximum atomic E-state index is 12.5. The number of aromatic nitrogens is 2. The van der Waals surface area contributed by atoms with Crippen molar-refractivity contribution in [3.63, 3.8) is 0 Å². The standard InChI is InChI=1S/C21H32N4O/c1-4-25(5-2)14-13-20-23-18-15-17(11-12-19(18)24(20)3)22-21(26)16-9-7-6-8-10-16/h11-12,15-16H,4-10,13-14H2,1-3H3,(H,22,26). The molecule has 1 N–H and O–H groups in total. The van der Waals surface area contributed by atoms with Crippen molar-refractivity contribution in [1.82, 2.24) is 14.5 Å². The lowest BCUT2D eigenvalue weighted by atomic mass is 9.88. The number of amides is 1. The summed E-state index contributed by atoms with van der Waals surface area (Å²) in [6.07, 6.45) is 6.59. The second kappa shape index (κ2) is 8.67. The number of hydrogen-bond donors (Lipinski definition) is 1. The molecule has 1 aromatic carbocycles. The third-order valence-electron chi connectivity index (χ3n) is 5.76. The van der Waals surface area contributed by atoms with Crippen molar-refractivity contribution in [3.8, 4) is 0 Å². The van der Waals surface area contributed by atoms with Crippen LogP contribution < -0.4 is 5.32 Å². The van der Waals surface area contributed by atoms with Crippen LogP contribution in [0.5, 0.6) is 0 Å². The number of imidazole rings is 1. The van der Waals surface area contributed by atoms with E-state index in [1.165, 1.54) is 19.3 Å². The average molecular weight is 357 g/mol. The molecule has 3 rings (SSSR count). The monoisotopic (exact) mass is 356 g/mol. The van der Waals surface area contributed by atoms with Gasteiger partial charge in [-0.3, -0.25) is 4.79 Å². The Labute approximate surface area is 156 Å². The van der Waals surface area contributed by atoms with Gasteiger partial charge in [-0.1, -0.05) is 33.1 Å². The van der Waals surface area contributed by atoms with E-state index in [4.69, 9.17) is 4.98 Å². The quantitative estimate of drug-likeness (QED) is 0.816. The number of carbonyl (C=O) groups excluding carboxylic acids is 1. The number of hydrogen-bond acceptors (Lipinski definition) is 3. The summed E-state index contributed by atoms with van der Waals surface area (Å²) in [5.74, 6) is 1.44. The summed E-state index contributed by atoms with van der Waals surface area (Å²) in [6, 6.07) is 6.08. The molecule has 1 aliphatic rings. The molecule has 26 heavy (non-hydrogen) atoms. The van der Waals surface area contributed by atoms with Gasteiger partial charge in [0.25, 0.3) is 0 Å². The van der Waals surface area contributed by atoms with Crippen molar-refractivity contribution in [2.24, 2.45) is 13.0 Å². The van der Waals surface area contributed by atoms with Gasteiger partial charge in [0.15, 0.2) is 0 Å². The Bertz CT molecular complexity index is 742. The first-order valence-electron chi connectivity index (χ1n) is 10.1. The predicted molar refractivity (Wildman–Crippen MR) is 107 cm³/mol. The van der Waals surface area contributed by atoms with Gasteiger partial charge in [0, 0.05) is 31.6 Å². The van der Waals surface area contributed by atoms with Gasteiger partial charge < -0.3 is 14.8 Å². The van der Waals surface area contributed by atoms with Gasteiger partial charge in [-0.2, -0.15) is 0 Å². The summed E-state index contributed by atoms with van der Waals surface area (Å²) in [5, 5.41) is 3.10. The Morgan fingerprint density at radius 1 is 1.23 bits per heavy atom. The normalized spacial score (nSPS) is 15.7. The molecule has 0 spiro atoms. The number of nitrogens with zero attached hydrogens (tertiary/aromatic N) is 3. The van der Waals surface area contributed by atoms with Gasteiger partial charge in [-0.15, -0.1) is 0 Å². The fourth-order valence-corrected chi connectivity index (χ4v) is 3.96. The molecule has 5 heteroatoms. The lowest BCUT2D eigenvalue weighted by Crippen LogP contribution is -2.26. The van der Waals surface area contributed by atoms with Crippen LogP contribution in [0.2, 0.25) is 0 Å². The summed E-state index contributed by atoms with van der Waals surface area (Å²) in [5.41, 5.74) is 2.94. The summed E-state index contributed by atoms with van der Waals surface area (Å²) >= 11 is 0. The van der Waals surface area contributed by atoms with Crippen molar-refractivity contribution in [3.05, 3.63) is 24.0 Å². The van der Waals surface area contributed by atoms with E-state index in [0.29, 0.717) is 0 Å². The van der Waals surface area contributed by atoms with E-state index in [1.807, 2.05) is 12.1 Å². The first kappa shape index (κ1) is 18.9. The molecule has 0 bridgehead atoms. The Balaban J connectivity index is 1.71. The van der Waals surface area contributed by atoms with Gasteiger partial charge in [-0.05, 0) is 44.1 Å². The maximum absolute atomic E-state index is 12.5. The molecule has 142 valence electrons. The molecule has 1 saturated carbocycles. The minimum atomic E-state index is 0.168. The smallest absolute Gasteiger partial charge is 0.227 e. The van der Waals surface area contributed by atoms with Crippen LogP contribution in [0, 0.1) is 5.92 Å². The molecule has 1 aromatic heterocycles. The molecule has 1 heterocycles. The fourth-order valence-electron chi connectivity index (χ4n) is 3.96. The summed E-state index contributed by atoms with van der Waals surface area (Å²) in [7, 11) is 2.08. The van der Waals surface area contributed by atoms with Gasteiger partial charge in [-0.25, -0.2) is 4.98 Å². The zero-order valence-corrected chi connectivity index (χ0v) is 16.4. The third-order valence-corrected chi connectivity index (χ3v) is 5.76. The highest BCUT2D eigenvalue weighted by Crippen LogP contribution is 2.26. The molecule has 1 fully saturated rings. The first-order valence-corrected chi connectivity index (χ1v) is 10.1. The Morgan fingerprint density at radius 3 is 2.65 bits per heavy atom. The van der Waals surface area contributed by atoms with Crippen LogP contribution in [0.3, 0.4) is 0 Å². The first-order chi connectivity index (χ1) is 12.6. The second-order valence-electron chi connectivity index (χ2n) is 7.39. The van der Waals surface area contributed by atoms with E-state index in [9.17, 15) is 4.79 Å². The average Bonchev–Trinajstić information content (AvgIpc) is 2.98. The van der Waals surface area contributed by atoms with Crippen LogP contribution in [0.1, 0.15) is 51.8 Å². The number of benzene rings is 1. The molecule has 1 aliphatic carbocycles. The zero-order chi connectivity index (χ0) is 18.5. The second-order valence-corrected chi connectivity index (χ2v) is 7.39. The van der Waals surface area contributed by atoms with E-state index in [-0.39, 0.29) is 11.8 Å². The topological polar surface area (TPSA) is 50.2 Å². The van der Waals surface area contributed by atoms with E-state index < -0.39 is 0 Å². The SMILES string of the molecule is CCN(CC)CCc1nc2cc(NC(=O)C3CCCCC3)ccc2n1C. The van der Waals surface area contributed by atoms with Crippen LogP contribution in [0.25, 0.3) is 11.0 Å². The third kappa shape index (κ3) is 4.26. The lowest BCUT2D eigenvalue weighted by molar-refractivity contribution is -0.120. The molecule has 2 aromatic rings. The number of aryl methyl sites for hydroxylation is 1. The minimum absolute atomic E-state index is 0.168. The van der Waals surface area contributed by atoms with Crippen molar-refractivity contribution >= 4 is 22.6 Å². The summed E-state index contributed by atoms with van der Waals surface area (Å²) in [6.45, 7) is 7.55. The number of anilines is 1. The largest absolute Gasteiger partial charge is 0.331 e. The summed E-state index contributed by atoms with van der Waals surface area (Å²) < 4.78 is 2.17. The van der Waals surface area contributed by atoms with Crippen molar-refractivity contribution in [2.45, 2.75) is 52.4 Å². The lowest BCUT2D eigenvalue weighted by Gasteiger charge is -2.20. The van der Waals surface area contributed by atoms with E-state index >= 15 is 0 Å². The molecule has 0 saturated heterocycles. The number of rotatable bonds is 7. The minimum Gasteiger partial charge on any atom is -0.331 e. The number of likely N-dealkylation sites (N-methyl/N-ethyl adjacent to an activating group) is 1. The number of nitrogens with one attached hydrogen (secondary N) is 1.